The molecule has 2 aliphatic heterocycles. The van der Waals surface area contributed by atoms with Gasteiger partial charge in [-0.05, 0) is 24.3 Å². The summed E-state index contributed by atoms with van der Waals surface area (Å²) in [4.78, 5) is 13.8. The molecule has 3 nitrogen and oxygen atoms in total. The molecule has 4 heteroatoms. The monoisotopic (exact) mass is 223 g/mol. The Balaban J connectivity index is 1.78. The molecule has 3 rings (SSSR count). The standard InChI is InChI=1S/C11H10ClNO2/c12-8-3-1-7(2-4-8)11(14)13-9-5-15-6-10(9)13/h1-4,9-10H,5-6H2. The minimum Gasteiger partial charge on any atom is -0.377 e. The first-order valence-electron chi connectivity index (χ1n) is 4.93. The molecule has 0 radical (unpaired) electrons. The smallest absolute Gasteiger partial charge is 0.254 e. The fourth-order valence-corrected chi connectivity index (χ4v) is 2.20. The third kappa shape index (κ3) is 1.43. The molecule has 78 valence electrons. The van der Waals surface area contributed by atoms with Crippen molar-refractivity contribution in [3.63, 3.8) is 0 Å². The van der Waals surface area contributed by atoms with Crippen molar-refractivity contribution in [1.29, 1.82) is 0 Å². The Morgan fingerprint density at radius 2 is 1.87 bits per heavy atom. The highest BCUT2D eigenvalue weighted by atomic mass is 35.5. The Bertz CT molecular complexity index is 394. The molecule has 2 saturated heterocycles. The van der Waals surface area contributed by atoms with E-state index < -0.39 is 0 Å². The van der Waals surface area contributed by atoms with Crippen LogP contribution in [0.1, 0.15) is 10.4 Å². The van der Waals surface area contributed by atoms with Gasteiger partial charge in [-0.1, -0.05) is 11.6 Å². The summed E-state index contributed by atoms with van der Waals surface area (Å²) in [5.74, 6) is 0.0879. The molecule has 1 amide bonds. The third-order valence-corrected chi connectivity index (χ3v) is 3.22. The lowest BCUT2D eigenvalue weighted by Crippen LogP contribution is -2.20. The van der Waals surface area contributed by atoms with Gasteiger partial charge in [0.2, 0.25) is 0 Å². The Morgan fingerprint density at radius 1 is 1.27 bits per heavy atom. The lowest BCUT2D eigenvalue weighted by molar-refractivity contribution is 0.0762. The van der Waals surface area contributed by atoms with Crippen molar-refractivity contribution in [2.75, 3.05) is 13.2 Å². The minimum atomic E-state index is 0.0879. The topological polar surface area (TPSA) is 29.3 Å². The molecule has 2 aliphatic rings. The molecule has 2 fully saturated rings. The van der Waals surface area contributed by atoms with Crippen molar-refractivity contribution in [3.8, 4) is 0 Å². The van der Waals surface area contributed by atoms with E-state index in [1.54, 1.807) is 24.3 Å². The zero-order valence-electron chi connectivity index (χ0n) is 8.02. The van der Waals surface area contributed by atoms with Gasteiger partial charge in [0.1, 0.15) is 0 Å². The number of benzene rings is 1. The normalized spacial score (nSPS) is 27.7. The van der Waals surface area contributed by atoms with Crippen LogP contribution in [0.15, 0.2) is 24.3 Å². The number of hydrogen-bond donors (Lipinski definition) is 0. The molecule has 2 unspecified atom stereocenters. The van der Waals surface area contributed by atoms with Crippen LogP contribution in [-0.2, 0) is 4.74 Å². The molecular formula is C11H10ClNO2. The molecule has 0 spiro atoms. The summed E-state index contributed by atoms with van der Waals surface area (Å²) < 4.78 is 5.23. The van der Waals surface area contributed by atoms with Gasteiger partial charge in [-0.3, -0.25) is 4.79 Å². The molecule has 0 aliphatic carbocycles. The van der Waals surface area contributed by atoms with Crippen LogP contribution in [-0.4, -0.2) is 36.1 Å². The maximum Gasteiger partial charge on any atom is 0.254 e. The zero-order chi connectivity index (χ0) is 10.4. The van der Waals surface area contributed by atoms with Crippen molar-refractivity contribution in [2.45, 2.75) is 12.1 Å². The fraction of sp³-hybridized carbons (Fsp3) is 0.364. The van der Waals surface area contributed by atoms with E-state index in [2.05, 4.69) is 0 Å². The van der Waals surface area contributed by atoms with Gasteiger partial charge in [-0.25, -0.2) is 0 Å². The predicted molar refractivity (Wildman–Crippen MR) is 56.0 cm³/mol. The van der Waals surface area contributed by atoms with E-state index in [0.29, 0.717) is 35.9 Å². The minimum absolute atomic E-state index is 0.0879. The van der Waals surface area contributed by atoms with Gasteiger partial charge in [0.05, 0.1) is 25.3 Å². The Labute approximate surface area is 92.6 Å². The molecule has 1 aromatic carbocycles. The van der Waals surface area contributed by atoms with E-state index in [-0.39, 0.29) is 5.91 Å². The second-order valence-corrected chi connectivity index (χ2v) is 4.33. The average molecular weight is 224 g/mol. The number of ether oxygens (including phenoxy) is 1. The summed E-state index contributed by atoms with van der Waals surface area (Å²) in [6.45, 7) is 1.37. The first kappa shape index (κ1) is 9.19. The van der Waals surface area contributed by atoms with Crippen molar-refractivity contribution in [2.24, 2.45) is 0 Å². The van der Waals surface area contributed by atoms with Gasteiger partial charge in [0.15, 0.2) is 0 Å². The number of morpholine rings is 1. The van der Waals surface area contributed by atoms with E-state index in [1.165, 1.54) is 0 Å². The third-order valence-electron chi connectivity index (χ3n) is 2.97. The summed E-state index contributed by atoms with van der Waals surface area (Å²) in [5.41, 5.74) is 0.703. The molecule has 15 heavy (non-hydrogen) atoms. The number of nitrogens with zero attached hydrogens (tertiary/aromatic N) is 1. The Morgan fingerprint density at radius 3 is 2.47 bits per heavy atom. The second-order valence-electron chi connectivity index (χ2n) is 3.89. The highest BCUT2D eigenvalue weighted by Crippen LogP contribution is 2.35. The predicted octanol–water partition coefficient (Wildman–Crippen LogP) is 1.56. The molecule has 0 bridgehead atoms. The first-order chi connectivity index (χ1) is 7.27. The van der Waals surface area contributed by atoms with E-state index in [0.717, 1.165) is 0 Å². The first-order valence-corrected chi connectivity index (χ1v) is 5.31. The van der Waals surface area contributed by atoms with E-state index in [9.17, 15) is 4.79 Å². The van der Waals surface area contributed by atoms with Gasteiger partial charge in [-0.2, -0.15) is 0 Å². The number of rotatable bonds is 1. The number of carbonyl (C=O) groups is 1. The van der Waals surface area contributed by atoms with Crippen LogP contribution < -0.4 is 0 Å². The summed E-state index contributed by atoms with van der Waals surface area (Å²) in [7, 11) is 0. The second kappa shape index (κ2) is 3.22. The van der Waals surface area contributed by atoms with Crippen LogP contribution in [0.5, 0.6) is 0 Å². The average Bonchev–Trinajstić information content (AvgIpc) is 2.72. The van der Waals surface area contributed by atoms with Crippen LogP contribution in [0.4, 0.5) is 0 Å². The molecule has 0 N–H and O–H groups in total. The van der Waals surface area contributed by atoms with Crippen LogP contribution in [0, 0.1) is 0 Å². The van der Waals surface area contributed by atoms with Crippen LogP contribution in [0.2, 0.25) is 5.02 Å². The SMILES string of the molecule is O=C(c1ccc(Cl)cc1)N1C2COCC21. The highest BCUT2D eigenvalue weighted by Gasteiger charge is 2.54. The van der Waals surface area contributed by atoms with Gasteiger partial charge >= 0.3 is 0 Å². The fourth-order valence-electron chi connectivity index (χ4n) is 2.07. The van der Waals surface area contributed by atoms with E-state index in [1.807, 2.05) is 4.90 Å². The lowest BCUT2D eigenvalue weighted by Gasteiger charge is -2.08. The largest absolute Gasteiger partial charge is 0.377 e. The summed E-state index contributed by atoms with van der Waals surface area (Å²) >= 11 is 5.76. The molecule has 2 heterocycles. The van der Waals surface area contributed by atoms with E-state index in [4.69, 9.17) is 16.3 Å². The lowest BCUT2D eigenvalue weighted by atomic mass is 10.2. The molecule has 2 atom stereocenters. The van der Waals surface area contributed by atoms with Crippen LogP contribution in [0.25, 0.3) is 0 Å². The molecule has 1 aromatic rings. The summed E-state index contributed by atoms with van der Waals surface area (Å²) in [6.07, 6.45) is 0. The van der Waals surface area contributed by atoms with Crippen LogP contribution in [0.3, 0.4) is 0 Å². The zero-order valence-corrected chi connectivity index (χ0v) is 8.78. The van der Waals surface area contributed by atoms with Gasteiger partial charge in [-0.15, -0.1) is 0 Å². The van der Waals surface area contributed by atoms with Gasteiger partial charge in [0.25, 0.3) is 5.91 Å². The number of carbonyl (C=O) groups excluding carboxylic acids is 1. The van der Waals surface area contributed by atoms with Gasteiger partial charge < -0.3 is 9.64 Å². The summed E-state index contributed by atoms with van der Waals surface area (Å²) in [5, 5.41) is 0.654. The van der Waals surface area contributed by atoms with Crippen molar-refractivity contribution < 1.29 is 9.53 Å². The number of halogens is 1. The number of fused-ring (bicyclic) bond motifs is 1. The van der Waals surface area contributed by atoms with Crippen molar-refractivity contribution in [1.82, 2.24) is 4.90 Å². The Hall–Kier alpha value is -1.06. The molecule has 0 aromatic heterocycles. The number of hydrogen-bond acceptors (Lipinski definition) is 2. The maximum atomic E-state index is 12.0. The van der Waals surface area contributed by atoms with Crippen LogP contribution >= 0.6 is 11.6 Å². The molecular weight excluding hydrogens is 214 g/mol. The maximum absolute atomic E-state index is 12.0. The summed E-state index contributed by atoms with van der Waals surface area (Å²) in [6, 6.07) is 7.63. The molecule has 0 saturated carbocycles. The quantitative estimate of drug-likeness (QED) is 0.677. The van der Waals surface area contributed by atoms with E-state index >= 15 is 0 Å². The Kier molecular flexibility index (Phi) is 1.97. The van der Waals surface area contributed by atoms with Crippen molar-refractivity contribution in [3.05, 3.63) is 34.9 Å². The highest BCUT2D eigenvalue weighted by molar-refractivity contribution is 6.30. The van der Waals surface area contributed by atoms with Crippen molar-refractivity contribution >= 4 is 17.5 Å². The van der Waals surface area contributed by atoms with Gasteiger partial charge in [0, 0.05) is 10.6 Å². The number of amides is 1.